The third-order valence-electron chi connectivity index (χ3n) is 6.23. The standard InChI is InChI=1S/C24H29N3O3/c1-17-9-10-21(30-17)23(29)27-13-11-26(12-14-27)16-18(28)15-22-24(2,3)19-7-5-6-8-20(19)25(22)4/h5-10,15H,11-14,16H2,1-4H3/b22-15-. The number of carbonyl (C=O) groups is 2. The van der Waals surface area contributed by atoms with Crippen LogP contribution in [0.3, 0.4) is 0 Å². The van der Waals surface area contributed by atoms with Crippen LogP contribution in [-0.4, -0.2) is 61.3 Å². The number of hydrogen-bond acceptors (Lipinski definition) is 5. The predicted octanol–water partition coefficient (Wildman–Crippen LogP) is 3.23. The summed E-state index contributed by atoms with van der Waals surface area (Å²) in [6.07, 6.45) is 1.79. The van der Waals surface area contributed by atoms with Gasteiger partial charge in [-0.25, -0.2) is 0 Å². The van der Waals surface area contributed by atoms with Crippen LogP contribution in [0.15, 0.2) is 52.6 Å². The normalized spacial score (nSPS) is 19.9. The number of furan rings is 1. The molecule has 1 aromatic carbocycles. The van der Waals surface area contributed by atoms with Gasteiger partial charge in [0.2, 0.25) is 0 Å². The van der Waals surface area contributed by atoms with Crippen molar-refractivity contribution in [3.05, 3.63) is 65.3 Å². The number of amides is 1. The van der Waals surface area contributed by atoms with E-state index in [0.29, 0.717) is 38.5 Å². The molecule has 0 aliphatic carbocycles. The number of hydrogen-bond donors (Lipinski definition) is 0. The van der Waals surface area contributed by atoms with Gasteiger partial charge in [-0.15, -0.1) is 0 Å². The molecule has 30 heavy (non-hydrogen) atoms. The first-order valence-electron chi connectivity index (χ1n) is 10.4. The molecule has 0 saturated carbocycles. The molecule has 1 fully saturated rings. The molecule has 4 rings (SSSR count). The van der Waals surface area contributed by atoms with Crippen LogP contribution in [0.5, 0.6) is 0 Å². The first-order chi connectivity index (χ1) is 14.3. The minimum atomic E-state index is -0.201. The van der Waals surface area contributed by atoms with E-state index >= 15 is 0 Å². The van der Waals surface area contributed by atoms with Crippen LogP contribution in [0.25, 0.3) is 0 Å². The first kappa shape index (κ1) is 20.4. The topological polar surface area (TPSA) is 57.0 Å². The van der Waals surface area contributed by atoms with E-state index in [2.05, 4.69) is 35.8 Å². The van der Waals surface area contributed by atoms with Crippen molar-refractivity contribution in [3.8, 4) is 0 Å². The van der Waals surface area contributed by atoms with E-state index < -0.39 is 0 Å². The molecule has 0 radical (unpaired) electrons. The van der Waals surface area contributed by atoms with Crippen molar-refractivity contribution in [2.75, 3.05) is 44.7 Å². The minimum Gasteiger partial charge on any atom is -0.456 e. The quantitative estimate of drug-likeness (QED) is 0.729. The number of allylic oxidation sites excluding steroid dienone is 1. The van der Waals surface area contributed by atoms with Crippen LogP contribution in [0.4, 0.5) is 5.69 Å². The second-order valence-electron chi connectivity index (χ2n) is 8.68. The third-order valence-corrected chi connectivity index (χ3v) is 6.23. The highest BCUT2D eigenvalue weighted by Crippen LogP contribution is 2.46. The highest BCUT2D eigenvalue weighted by Gasteiger charge is 2.38. The van der Waals surface area contributed by atoms with Gasteiger partial charge in [0.15, 0.2) is 11.5 Å². The van der Waals surface area contributed by atoms with Gasteiger partial charge in [-0.3, -0.25) is 14.5 Å². The van der Waals surface area contributed by atoms with Gasteiger partial charge in [-0.05, 0) is 30.7 Å². The average Bonchev–Trinajstić information content (AvgIpc) is 3.24. The van der Waals surface area contributed by atoms with Gasteiger partial charge < -0.3 is 14.2 Å². The van der Waals surface area contributed by atoms with Crippen molar-refractivity contribution in [2.45, 2.75) is 26.2 Å². The molecule has 2 aromatic rings. The molecule has 158 valence electrons. The summed E-state index contributed by atoms with van der Waals surface area (Å²) >= 11 is 0. The Balaban J connectivity index is 1.37. The summed E-state index contributed by atoms with van der Waals surface area (Å²) in [4.78, 5) is 31.4. The summed E-state index contributed by atoms with van der Waals surface area (Å²) in [5.74, 6) is 1.13. The summed E-state index contributed by atoms with van der Waals surface area (Å²) in [5.41, 5.74) is 3.22. The molecule has 2 aliphatic rings. The summed E-state index contributed by atoms with van der Waals surface area (Å²) in [7, 11) is 2.02. The second kappa shape index (κ2) is 7.76. The molecule has 1 saturated heterocycles. The van der Waals surface area contributed by atoms with Crippen LogP contribution >= 0.6 is 0 Å². The van der Waals surface area contributed by atoms with Crippen molar-refractivity contribution in [2.24, 2.45) is 0 Å². The fourth-order valence-electron chi connectivity index (χ4n) is 4.49. The first-order valence-corrected chi connectivity index (χ1v) is 10.4. The zero-order chi connectivity index (χ0) is 21.5. The smallest absolute Gasteiger partial charge is 0.289 e. The molecule has 1 amide bonds. The molecular weight excluding hydrogens is 378 g/mol. The van der Waals surface area contributed by atoms with Crippen molar-refractivity contribution in [3.63, 3.8) is 0 Å². The Morgan fingerprint density at radius 1 is 1.07 bits per heavy atom. The second-order valence-corrected chi connectivity index (χ2v) is 8.68. The van der Waals surface area contributed by atoms with Gasteiger partial charge in [-0.2, -0.15) is 0 Å². The van der Waals surface area contributed by atoms with Gasteiger partial charge in [0.1, 0.15) is 5.76 Å². The molecule has 0 unspecified atom stereocenters. The largest absolute Gasteiger partial charge is 0.456 e. The zero-order valence-corrected chi connectivity index (χ0v) is 18.1. The van der Waals surface area contributed by atoms with Crippen molar-refractivity contribution in [1.82, 2.24) is 9.80 Å². The number of para-hydroxylation sites is 1. The fraction of sp³-hybridized carbons (Fsp3) is 0.417. The maximum absolute atomic E-state index is 12.9. The van der Waals surface area contributed by atoms with E-state index in [1.54, 1.807) is 23.1 Å². The van der Waals surface area contributed by atoms with E-state index in [9.17, 15) is 9.59 Å². The van der Waals surface area contributed by atoms with Gasteiger partial charge in [-0.1, -0.05) is 32.0 Å². The number of nitrogens with zero attached hydrogens (tertiary/aromatic N) is 3. The number of rotatable bonds is 4. The Morgan fingerprint density at radius 2 is 1.77 bits per heavy atom. The molecule has 0 N–H and O–H groups in total. The number of carbonyl (C=O) groups excluding carboxylic acids is 2. The SMILES string of the molecule is Cc1ccc(C(=O)N2CCN(CC(=O)/C=C3\N(C)c4ccccc4C3(C)C)CC2)o1. The molecule has 3 heterocycles. The van der Waals surface area contributed by atoms with Crippen LogP contribution in [0.2, 0.25) is 0 Å². The third kappa shape index (κ3) is 3.67. The van der Waals surface area contributed by atoms with E-state index in [4.69, 9.17) is 4.42 Å². The van der Waals surface area contributed by atoms with Gasteiger partial charge in [0, 0.05) is 56.1 Å². The molecule has 1 aromatic heterocycles. The van der Waals surface area contributed by atoms with Crippen LogP contribution < -0.4 is 4.90 Å². The lowest BCUT2D eigenvalue weighted by atomic mass is 9.83. The summed E-state index contributed by atoms with van der Waals surface area (Å²) in [6, 6.07) is 11.8. The number of fused-ring (bicyclic) bond motifs is 1. The molecular formula is C24H29N3O3. The van der Waals surface area contributed by atoms with Crippen LogP contribution in [0, 0.1) is 6.92 Å². The van der Waals surface area contributed by atoms with Gasteiger partial charge in [0.05, 0.1) is 6.54 Å². The summed E-state index contributed by atoms with van der Waals surface area (Å²) in [6.45, 7) is 9.07. The average molecular weight is 408 g/mol. The number of benzene rings is 1. The maximum Gasteiger partial charge on any atom is 0.289 e. The Morgan fingerprint density at radius 3 is 2.40 bits per heavy atom. The molecule has 0 bridgehead atoms. The van der Waals surface area contributed by atoms with E-state index in [1.165, 1.54) is 5.56 Å². The van der Waals surface area contributed by atoms with Crippen LogP contribution in [0.1, 0.15) is 35.7 Å². The summed E-state index contributed by atoms with van der Waals surface area (Å²) in [5, 5.41) is 0. The summed E-state index contributed by atoms with van der Waals surface area (Å²) < 4.78 is 5.45. The van der Waals surface area contributed by atoms with Gasteiger partial charge >= 0.3 is 0 Å². The minimum absolute atomic E-state index is 0.0803. The molecule has 6 heteroatoms. The molecule has 0 spiro atoms. The number of aryl methyl sites for hydroxylation is 1. The van der Waals surface area contributed by atoms with Crippen molar-refractivity contribution in [1.29, 1.82) is 0 Å². The number of anilines is 1. The Kier molecular flexibility index (Phi) is 5.28. The highest BCUT2D eigenvalue weighted by molar-refractivity contribution is 5.94. The van der Waals surface area contributed by atoms with E-state index in [0.717, 1.165) is 17.1 Å². The molecule has 6 nitrogen and oxygen atoms in total. The lowest BCUT2D eigenvalue weighted by Gasteiger charge is -2.33. The number of ketones is 1. The van der Waals surface area contributed by atoms with Crippen molar-refractivity contribution >= 4 is 17.4 Å². The fourth-order valence-corrected chi connectivity index (χ4v) is 4.49. The molecule has 0 atom stereocenters. The Bertz CT molecular complexity index is 997. The Hall–Kier alpha value is -2.86. The lowest BCUT2D eigenvalue weighted by Crippen LogP contribution is -2.49. The van der Waals surface area contributed by atoms with Crippen molar-refractivity contribution < 1.29 is 14.0 Å². The lowest BCUT2D eigenvalue weighted by molar-refractivity contribution is -0.116. The zero-order valence-electron chi connectivity index (χ0n) is 18.1. The molecule has 2 aliphatic heterocycles. The van der Waals surface area contributed by atoms with E-state index in [-0.39, 0.29) is 17.1 Å². The Labute approximate surface area is 177 Å². The monoisotopic (exact) mass is 407 g/mol. The predicted molar refractivity (Wildman–Crippen MR) is 117 cm³/mol. The van der Waals surface area contributed by atoms with Crippen LogP contribution in [-0.2, 0) is 10.2 Å². The number of piperazine rings is 1. The number of likely N-dealkylation sites (N-methyl/N-ethyl adjacent to an activating group) is 1. The van der Waals surface area contributed by atoms with E-state index in [1.807, 2.05) is 26.1 Å². The highest BCUT2D eigenvalue weighted by atomic mass is 16.3. The maximum atomic E-state index is 12.9. The van der Waals surface area contributed by atoms with Gasteiger partial charge in [0.25, 0.3) is 5.91 Å².